The van der Waals surface area contributed by atoms with Crippen LogP contribution < -0.4 is 0 Å². The highest BCUT2D eigenvalue weighted by Crippen LogP contribution is 2.30. The van der Waals surface area contributed by atoms with Gasteiger partial charge in [0.25, 0.3) is 0 Å². The van der Waals surface area contributed by atoms with Gasteiger partial charge in [-0.25, -0.2) is 0 Å². The molecular formula is C12H16O2. The number of benzene rings is 1. The van der Waals surface area contributed by atoms with E-state index in [1.54, 1.807) is 6.07 Å². The number of aldehydes is 1. The number of hydrogen-bond donors (Lipinski definition) is 1. The molecule has 1 aromatic carbocycles. The van der Waals surface area contributed by atoms with Crippen LogP contribution in [0.5, 0.6) is 5.75 Å². The van der Waals surface area contributed by atoms with Gasteiger partial charge < -0.3 is 5.11 Å². The summed E-state index contributed by atoms with van der Waals surface area (Å²) < 4.78 is 0. The second-order valence-electron chi connectivity index (χ2n) is 4.54. The second kappa shape index (κ2) is 3.45. The summed E-state index contributed by atoms with van der Waals surface area (Å²) in [6.45, 7) is 8.12. The van der Waals surface area contributed by atoms with Gasteiger partial charge in [-0.1, -0.05) is 26.8 Å². The van der Waals surface area contributed by atoms with Crippen LogP contribution in [0.15, 0.2) is 12.1 Å². The lowest BCUT2D eigenvalue weighted by atomic mass is 9.82. The van der Waals surface area contributed by atoms with Crippen LogP contribution in [0.1, 0.15) is 42.3 Å². The Labute approximate surface area is 84.6 Å². The Bertz CT molecular complexity index is 359. The molecule has 1 N–H and O–H groups in total. The van der Waals surface area contributed by atoms with Crippen molar-refractivity contribution in [2.75, 3.05) is 0 Å². The molecule has 0 unspecified atom stereocenters. The number of hydrogen-bond acceptors (Lipinski definition) is 2. The highest BCUT2D eigenvalue weighted by Gasteiger charge is 2.19. The largest absolute Gasteiger partial charge is 0.507 e. The third-order valence-electron chi connectivity index (χ3n) is 2.42. The average molecular weight is 192 g/mol. The monoisotopic (exact) mass is 192 g/mol. The number of phenols is 1. The normalized spacial score (nSPS) is 11.4. The maximum atomic E-state index is 10.8. The molecule has 2 nitrogen and oxygen atoms in total. The zero-order valence-corrected chi connectivity index (χ0v) is 9.09. The van der Waals surface area contributed by atoms with Crippen molar-refractivity contribution in [2.24, 2.45) is 0 Å². The van der Waals surface area contributed by atoms with Gasteiger partial charge in [-0.05, 0) is 29.5 Å². The average Bonchev–Trinajstić information content (AvgIpc) is 2.02. The van der Waals surface area contributed by atoms with Crippen LogP contribution in [-0.4, -0.2) is 11.4 Å². The molecule has 0 saturated carbocycles. The van der Waals surface area contributed by atoms with Crippen molar-refractivity contribution in [3.63, 3.8) is 0 Å². The summed E-state index contributed by atoms with van der Waals surface area (Å²) in [6.07, 6.45) is 0.708. The van der Waals surface area contributed by atoms with Crippen LogP contribution in [0.2, 0.25) is 0 Å². The molecule has 0 bridgehead atoms. The summed E-state index contributed by atoms with van der Waals surface area (Å²) in [5.41, 5.74) is 2.36. The lowest BCUT2D eigenvalue weighted by molar-refractivity contribution is 0.112. The minimum absolute atomic E-state index is 0.00442. The Balaban J connectivity index is 3.43. The van der Waals surface area contributed by atoms with Crippen molar-refractivity contribution in [2.45, 2.75) is 33.1 Å². The van der Waals surface area contributed by atoms with Gasteiger partial charge in [0.15, 0.2) is 6.29 Å². The molecule has 0 aliphatic rings. The Hall–Kier alpha value is -1.31. The molecule has 0 fully saturated rings. The van der Waals surface area contributed by atoms with Gasteiger partial charge in [0, 0.05) is 0 Å². The van der Waals surface area contributed by atoms with Gasteiger partial charge >= 0.3 is 0 Å². The molecule has 0 atom stereocenters. The molecule has 14 heavy (non-hydrogen) atoms. The van der Waals surface area contributed by atoms with E-state index in [0.717, 1.165) is 11.1 Å². The number of rotatable bonds is 1. The quantitative estimate of drug-likeness (QED) is 0.695. The third-order valence-corrected chi connectivity index (χ3v) is 2.42. The maximum Gasteiger partial charge on any atom is 0.154 e. The predicted octanol–water partition coefficient (Wildman–Crippen LogP) is 2.81. The van der Waals surface area contributed by atoms with Crippen molar-refractivity contribution < 1.29 is 9.90 Å². The Morgan fingerprint density at radius 3 is 2.29 bits per heavy atom. The molecule has 0 spiro atoms. The smallest absolute Gasteiger partial charge is 0.154 e. The van der Waals surface area contributed by atoms with Gasteiger partial charge in [0.1, 0.15) is 5.75 Å². The molecular weight excluding hydrogens is 176 g/mol. The van der Waals surface area contributed by atoms with Crippen molar-refractivity contribution in [1.82, 2.24) is 0 Å². The number of phenolic OH excluding ortho intramolecular Hbond substituents is 1. The molecule has 76 valence electrons. The molecule has 0 aromatic heterocycles. The van der Waals surface area contributed by atoms with E-state index in [4.69, 9.17) is 0 Å². The third kappa shape index (κ3) is 1.79. The van der Waals surface area contributed by atoms with E-state index in [9.17, 15) is 9.90 Å². The summed E-state index contributed by atoms with van der Waals surface area (Å²) >= 11 is 0. The summed E-state index contributed by atoms with van der Waals surface area (Å²) in [7, 11) is 0. The van der Waals surface area contributed by atoms with E-state index in [2.05, 4.69) is 20.8 Å². The van der Waals surface area contributed by atoms with E-state index in [1.165, 1.54) is 0 Å². The first-order valence-electron chi connectivity index (χ1n) is 4.66. The maximum absolute atomic E-state index is 10.8. The van der Waals surface area contributed by atoms with Crippen LogP contribution in [0, 0.1) is 6.92 Å². The molecule has 2 heteroatoms. The van der Waals surface area contributed by atoms with E-state index in [-0.39, 0.29) is 11.2 Å². The van der Waals surface area contributed by atoms with Gasteiger partial charge in [0.2, 0.25) is 0 Å². The highest BCUT2D eigenvalue weighted by molar-refractivity contribution is 5.82. The molecule has 0 aliphatic carbocycles. The lowest BCUT2D eigenvalue weighted by Gasteiger charge is -2.22. The number of carbonyl (C=O) groups is 1. The molecule has 0 heterocycles. The van der Waals surface area contributed by atoms with E-state index >= 15 is 0 Å². The summed E-state index contributed by atoms with van der Waals surface area (Å²) in [4.78, 5) is 10.8. The molecule has 0 saturated heterocycles. The summed E-state index contributed by atoms with van der Waals surface area (Å²) in [5, 5.41) is 9.45. The molecule has 0 radical (unpaired) electrons. The van der Waals surface area contributed by atoms with E-state index < -0.39 is 0 Å². The van der Waals surface area contributed by atoms with Crippen molar-refractivity contribution in [3.8, 4) is 5.75 Å². The zero-order chi connectivity index (χ0) is 10.9. The highest BCUT2D eigenvalue weighted by atomic mass is 16.3. The van der Waals surface area contributed by atoms with Gasteiger partial charge in [-0.15, -0.1) is 0 Å². The lowest BCUT2D eigenvalue weighted by Crippen LogP contribution is -2.14. The first-order chi connectivity index (χ1) is 6.38. The molecule has 0 amide bonds. The van der Waals surface area contributed by atoms with E-state index in [1.807, 2.05) is 13.0 Å². The Morgan fingerprint density at radius 2 is 1.86 bits per heavy atom. The topological polar surface area (TPSA) is 37.3 Å². The van der Waals surface area contributed by atoms with Crippen molar-refractivity contribution >= 4 is 6.29 Å². The first kappa shape index (κ1) is 10.8. The summed E-state index contributed by atoms with van der Waals surface area (Å²) in [6, 6.07) is 3.45. The first-order valence-corrected chi connectivity index (χ1v) is 4.66. The van der Waals surface area contributed by atoms with Gasteiger partial charge in [-0.3, -0.25) is 4.79 Å². The van der Waals surface area contributed by atoms with Crippen LogP contribution >= 0.6 is 0 Å². The summed E-state index contributed by atoms with van der Waals surface area (Å²) in [5.74, 6) is 0.0606. The fourth-order valence-electron chi connectivity index (χ4n) is 1.68. The fourth-order valence-corrected chi connectivity index (χ4v) is 1.68. The molecule has 1 aromatic rings. The standard InChI is InChI=1S/C12H16O2/c1-8-9(7-13)11(14)6-5-10(8)12(2,3)4/h5-7,14H,1-4H3. The Morgan fingerprint density at radius 1 is 1.29 bits per heavy atom. The van der Waals surface area contributed by atoms with E-state index in [0.29, 0.717) is 11.8 Å². The number of aromatic hydroxyl groups is 1. The van der Waals surface area contributed by atoms with Gasteiger partial charge in [-0.2, -0.15) is 0 Å². The van der Waals surface area contributed by atoms with Crippen LogP contribution in [-0.2, 0) is 5.41 Å². The fraction of sp³-hybridized carbons (Fsp3) is 0.417. The van der Waals surface area contributed by atoms with Crippen LogP contribution in [0.3, 0.4) is 0 Å². The molecule has 1 rings (SSSR count). The van der Waals surface area contributed by atoms with Crippen molar-refractivity contribution in [3.05, 3.63) is 28.8 Å². The van der Waals surface area contributed by atoms with Crippen LogP contribution in [0.4, 0.5) is 0 Å². The van der Waals surface area contributed by atoms with Crippen molar-refractivity contribution in [1.29, 1.82) is 0 Å². The SMILES string of the molecule is Cc1c(C(C)(C)C)ccc(O)c1C=O. The van der Waals surface area contributed by atoms with Gasteiger partial charge in [0.05, 0.1) is 5.56 Å². The minimum atomic E-state index is -0.00442. The second-order valence-corrected chi connectivity index (χ2v) is 4.54. The predicted molar refractivity (Wildman–Crippen MR) is 56.9 cm³/mol. The Kier molecular flexibility index (Phi) is 2.65. The zero-order valence-electron chi connectivity index (χ0n) is 9.09. The molecule has 0 aliphatic heterocycles. The number of carbonyl (C=O) groups excluding carboxylic acids is 1. The minimum Gasteiger partial charge on any atom is -0.507 e. The van der Waals surface area contributed by atoms with Crippen LogP contribution in [0.25, 0.3) is 0 Å².